The van der Waals surface area contributed by atoms with Crippen LogP contribution in [-0.2, 0) is 66.5 Å². The van der Waals surface area contributed by atoms with Crippen molar-refractivity contribution in [2.24, 2.45) is 28.8 Å². The van der Waals surface area contributed by atoms with Crippen LogP contribution >= 0.6 is 0 Å². The summed E-state index contributed by atoms with van der Waals surface area (Å²) in [6.07, 6.45) is -6.79. The van der Waals surface area contributed by atoms with Gasteiger partial charge in [0.15, 0.2) is 30.4 Å². The van der Waals surface area contributed by atoms with Gasteiger partial charge in [-0.25, -0.2) is 4.79 Å². The van der Waals surface area contributed by atoms with E-state index in [2.05, 4.69) is 10.0 Å². The fourth-order valence-electron chi connectivity index (χ4n) is 11.1. The van der Waals surface area contributed by atoms with E-state index in [-0.39, 0.29) is 50.3 Å². The third-order valence-electron chi connectivity index (χ3n) is 14.6. The molecule has 67 heavy (non-hydrogen) atoms. The van der Waals surface area contributed by atoms with Gasteiger partial charge < -0.3 is 57.2 Å². The van der Waals surface area contributed by atoms with Gasteiger partial charge in [-0.05, 0) is 93.3 Å². The van der Waals surface area contributed by atoms with Crippen LogP contribution in [0.4, 0.5) is 4.79 Å². The number of carbonyl (C=O) groups is 5. The van der Waals surface area contributed by atoms with Crippen LogP contribution in [-0.4, -0.2) is 165 Å². The topological polar surface area (TPSA) is 233 Å². The first-order valence-corrected chi connectivity index (χ1v) is 23.8. The Kier molecular flexibility index (Phi) is 19.5. The maximum atomic E-state index is 15.0. The van der Waals surface area contributed by atoms with Gasteiger partial charge in [-0.1, -0.05) is 32.8 Å². The molecule has 0 saturated carbocycles. The Morgan fingerprint density at radius 2 is 1.49 bits per heavy atom. The summed E-state index contributed by atoms with van der Waals surface area (Å²) in [7, 11) is 6.81. The average molecular weight is 954 g/mol. The second-order valence-corrected chi connectivity index (χ2v) is 20.0. The number of azide groups is 1. The Balaban J connectivity index is 1.93. The maximum Gasteiger partial charge on any atom is 0.410 e. The number of ketones is 1. The molecule has 20 heteroatoms. The van der Waals surface area contributed by atoms with Gasteiger partial charge in [-0.3, -0.25) is 19.2 Å². The SMILES string of the molecule is CCC1OC(=O)[C@H](C)C(O[C@H]2C[C@@](C)(OC)[C@@H](OC(C)=O)[C@H](C)O2)[C@H](C)[C@@H](O[C@@H]2O[C@H](C)C[C@H](N(C)C)[C@H]2OC(C)=O)[C@](C)(OC)C[C@@H](C)C(=O)[C@H](C)[C@H]2N(CCCCN=[N+]=[N-])C(=O)O[C@]12C. The zero-order valence-corrected chi connectivity index (χ0v) is 42.7. The molecule has 0 aromatic carbocycles. The van der Waals surface area contributed by atoms with Crippen LogP contribution in [0.15, 0.2) is 5.11 Å². The molecule has 4 aliphatic heterocycles. The highest BCUT2D eigenvalue weighted by atomic mass is 16.7. The van der Waals surface area contributed by atoms with Gasteiger partial charge in [0.1, 0.15) is 17.5 Å². The van der Waals surface area contributed by atoms with Gasteiger partial charge in [0.2, 0.25) is 0 Å². The van der Waals surface area contributed by atoms with Gasteiger partial charge in [0.05, 0.1) is 48.0 Å². The number of hydrogen-bond acceptors (Lipinski definition) is 17. The number of fused-ring (bicyclic) bond motifs is 1. The number of rotatable bonds is 15. The molecule has 4 saturated heterocycles. The van der Waals surface area contributed by atoms with Crippen LogP contribution in [0.2, 0.25) is 0 Å². The first-order valence-electron chi connectivity index (χ1n) is 23.8. The molecule has 0 aromatic rings. The lowest BCUT2D eigenvalue weighted by Gasteiger charge is -2.50. The molecule has 0 N–H and O–H groups in total. The molecule has 4 aliphatic rings. The van der Waals surface area contributed by atoms with Crippen LogP contribution in [0.1, 0.15) is 122 Å². The molecule has 0 radical (unpaired) electrons. The number of methoxy groups -OCH3 is 2. The number of unbranched alkanes of at least 4 members (excludes halogenated alkanes) is 1. The standard InChI is InChI=1S/C47H79N5O15/c1-17-34-47(12)39(52(44(57)67-47)21-19-18-20-49-50-48)27(4)36(55)25(2)23-45(10,58-15)40(66-43-38(62-31(8)53)33(51(13)14)22-26(3)60-43)28(5)37(29(6)42(56)64-34)65-35-24-46(11,59-16)41(30(7)61-35)63-32(9)54/h25-30,33-35,37-41,43H,17-24H2,1-16H3/t25-,26-,27+,28+,29-,30+,33+,34?,35+,37?,38-,39-,40-,41+,43+,45-,46-,47-/m1/s1. The van der Waals surface area contributed by atoms with Crippen LogP contribution in [0, 0.1) is 23.7 Å². The van der Waals surface area contributed by atoms with E-state index in [0.29, 0.717) is 19.3 Å². The molecule has 18 atom stereocenters. The lowest BCUT2D eigenvalue weighted by Crippen LogP contribution is -2.62. The summed E-state index contributed by atoms with van der Waals surface area (Å²) in [4.78, 5) is 75.2. The highest BCUT2D eigenvalue weighted by Gasteiger charge is 2.61. The largest absolute Gasteiger partial charge is 0.458 e. The van der Waals surface area contributed by atoms with Crippen LogP contribution < -0.4 is 0 Å². The minimum atomic E-state index is -1.47. The molecule has 20 nitrogen and oxygen atoms in total. The minimum absolute atomic E-state index is 0.0849. The number of ether oxygens (including phenoxy) is 10. The fraction of sp³-hybridized carbons (Fsp3) is 0.894. The number of cyclic esters (lactones) is 1. The van der Waals surface area contributed by atoms with Crippen molar-refractivity contribution in [3.8, 4) is 0 Å². The molecular weight excluding hydrogens is 875 g/mol. The second kappa shape index (κ2) is 23.3. The average Bonchev–Trinajstić information content (AvgIpc) is 3.52. The van der Waals surface area contributed by atoms with E-state index in [1.807, 2.05) is 53.6 Å². The number of esters is 3. The maximum absolute atomic E-state index is 15.0. The van der Waals surface area contributed by atoms with Crippen molar-refractivity contribution in [2.75, 3.05) is 41.4 Å². The van der Waals surface area contributed by atoms with Crippen molar-refractivity contribution < 1.29 is 71.3 Å². The first kappa shape index (κ1) is 56.0. The highest BCUT2D eigenvalue weighted by Crippen LogP contribution is 2.45. The van der Waals surface area contributed by atoms with Crippen LogP contribution in [0.3, 0.4) is 0 Å². The lowest BCUT2D eigenvalue weighted by molar-refractivity contribution is -0.320. The van der Waals surface area contributed by atoms with Crippen molar-refractivity contribution in [2.45, 2.75) is 206 Å². The molecule has 0 spiro atoms. The molecular formula is C47H79N5O15. The summed E-state index contributed by atoms with van der Waals surface area (Å²) < 4.78 is 63.8. The Labute approximate surface area is 396 Å². The van der Waals surface area contributed by atoms with Crippen molar-refractivity contribution in [1.82, 2.24) is 9.80 Å². The molecule has 1 amide bonds. The highest BCUT2D eigenvalue weighted by molar-refractivity contribution is 5.85. The molecule has 0 aromatic heterocycles. The normalized spacial score (nSPS) is 41.1. The van der Waals surface area contributed by atoms with E-state index in [1.165, 1.54) is 33.0 Å². The third kappa shape index (κ3) is 12.6. The zero-order valence-electron chi connectivity index (χ0n) is 42.7. The number of amides is 1. The predicted molar refractivity (Wildman–Crippen MR) is 242 cm³/mol. The molecule has 0 aliphatic carbocycles. The Hall–Kier alpha value is -3.62. The molecule has 2 unspecified atom stereocenters. The quantitative estimate of drug-likeness (QED) is 0.0448. The summed E-state index contributed by atoms with van der Waals surface area (Å²) in [6.45, 7) is 21.0. The number of hydrogen-bond donors (Lipinski definition) is 0. The monoisotopic (exact) mass is 954 g/mol. The van der Waals surface area contributed by atoms with E-state index in [9.17, 15) is 19.2 Å². The Morgan fingerprint density at radius 3 is 2.06 bits per heavy atom. The van der Waals surface area contributed by atoms with E-state index in [4.69, 9.17) is 52.9 Å². The molecule has 4 fully saturated rings. The molecule has 0 bridgehead atoms. The van der Waals surface area contributed by atoms with Gasteiger partial charge >= 0.3 is 24.0 Å². The van der Waals surface area contributed by atoms with Crippen LogP contribution in [0.5, 0.6) is 0 Å². The number of likely N-dealkylation sites (N-methyl/N-ethyl adjacent to an activating group) is 1. The third-order valence-corrected chi connectivity index (χ3v) is 14.6. The molecule has 4 heterocycles. The van der Waals surface area contributed by atoms with Crippen molar-refractivity contribution in [3.63, 3.8) is 0 Å². The van der Waals surface area contributed by atoms with Gasteiger partial charge in [-0.2, -0.15) is 0 Å². The Bertz CT molecular complexity index is 1780. The van der Waals surface area contributed by atoms with Gasteiger partial charge in [-0.15, -0.1) is 0 Å². The van der Waals surface area contributed by atoms with Crippen molar-refractivity contribution in [1.29, 1.82) is 0 Å². The summed E-state index contributed by atoms with van der Waals surface area (Å²) in [6, 6.07) is -1.17. The van der Waals surface area contributed by atoms with E-state index in [0.717, 1.165) is 0 Å². The molecule has 382 valence electrons. The van der Waals surface area contributed by atoms with Gasteiger partial charge in [0, 0.05) is 70.2 Å². The predicted octanol–water partition coefficient (Wildman–Crippen LogP) is 6.14. The molecule has 4 rings (SSSR count). The number of carbonyl (C=O) groups excluding carboxylic acids is 5. The number of Topliss-reactive ketones (excluding diaryl/α,β-unsaturated/α-hetero) is 1. The summed E-state index contributed by atoms with van der Waals surface area (Å²) in [5.74, 6) is -5.29. The number of nitrogens with zero attached hydrogens (tertiary/aromatic N) is 5. The van der Waals surface area contributed by atoms with Crippen LogP contribution in [0.25, 0.3) is 10.4 Å². The minimum Gasteiger partial charge on any atom is -0.458 e. The van der Waals surface area contributed by atoms with Crippen molar-refractivity contribution >= 4 is 29.8 Å². The summed E-state index contributed by atoms with van der Waals surface area (Å²) >= 11 is 0. The summed E-state index contributed by atoms with van der Waals surface area (Å²) in [5, 5.41) is 3.62. The zero-order chi connectivity index (χ0) is 50.3. The first-order chi connectivity index (χ1) is 31.3. The van der Waals surface area contributed by atoms with Crippen molar-refractivity contribution in [3.05, 3.63) is 10.4 Å². The Morgan fingerprint density at radius 1 is 0.866 bits per heavy atom. The van der Waals surface area contributed by atoms with Gasteiger partial charge in [0.25, 0.3) is 0 Å². The smallest absolute Gasteiger partial charge is 0.410 e. The lowest BCUT2D eigenvalue weighted by atomic mass is 9.73. The fourth-order valence-corrected chi connectivity index (χ4v) is 11.1. The summed E-state index contributed by atoms with van der Waals surface area (Å²) in [5.41, 5.74) is 4.95. The van der Waals surface area contributed by atoms with E-state index in [1.54, 1.807) is 34.6 Å². The van der Waals surface area contributed by atoms with E-state index >= 15 is 4.79 Å². The second-order valence-electron chi connectivity index (χ2n) is 20.0. The van der Waals surface area contributed by atoms with E-state index < -0.39 is 120 Å².